The normalized spacial score (nSPS) is 15.8. The van der Waals surface area contributed by atoms with E-state index in [9.17, 15) is 14.7 Å². The number of hydroxylamine groups is 2. The fraction of sp³-hybridized carbons (Fsp3) is 0.320. The third-order valence-corrected chi connectivity index (χ3v) is 6.68. The van der Waals surface area contributed by atoms with Crippen molar-refractivity contribution in [3.05, 3.63) is 74.4 Å². The quantitative estimate of drug-likeness (QED) is 0.498. The second-order valence-corrected chi connectivity index (χ2v) is 8.88. The van der Waals surface area contributed by atoms with Crippen molar-refractivity contribution in [3.8, 4) is 0 Å². The summed E-state index contributed by atoms with van der Waals surface area (Å²) in [6.07, 6.45) is 3.63. The highest BCUT2D eigenvalue weighted by atomic mass is 35.5. The van der Waals surface area contributed by atoms with Crippen LogP contribution in [0.2, 0.25) is 10.0 Å². The first-order chi connectivity index (χ1) is 16.2. The molecule has 0 fully saturated rings. The van der Waals surface area contributed by atoms with Crippen LogP contribution in [0.3, 0.4) is 0 Å². The minimum atomic E-state index is -0.844. The molecule has 0 saturated carbocycles. The van der Waals surface area contributed by atoms with Crippen molar-refractivity contribution >= 4 is 46.9 Å². The molecule has 2 aromatic rings. The Morgan fingerprint density at radius 3 is 2.53 bits per heavy atom. The molecular formula is C25H27Cl2N3O4. The summed E-state index contributed by atoms with van der Waals surface area (Å²) in [6.45, 7) is 4.00. The highest BCUT2D eigenvalue weighted by Crippen LogP contribution is 2.36. The lowest BCUT2D eigenvalue weighted by atomic mass is 9.81. The number of fused-ring (bicyclic) bond motifs is 1. The monoisotopic (exact) mass is 503 g/mol. The third kappa shape index (κ3) is 5.12. The smallest absolute Gasteiger partial charge is 0.306 e. The molecule has 0 aromatic heterocycles. The summed E-state index contributed by atoms with van der Waals surface area (Å²) in [5.41, 5.74) is 9.77. The number of aliphatic carboxylic acids is 1. The van der Waals surface area contributed by atoms with E-state index in [0.717, 1.165) is 16.7 Å². The van der Waals surface area contributed by atoms with Gasteiger partial charge in [0.1, 0.15) is 6.61 Å². The molecule has 0 spiro atoms. The topological polar surface area (TPSA) is 105 Å². The van der Waals surface area contributed by atoms with Gasteiger partial charge >= 0.3 is 5.97 Å². The van der Waals surface area contributed by atoms with Crippen molar-refractivity contribution < 1.29 is 19.5 Å². The van der Waals surface area contributed by atoms with Gasteiger partial charge in [-0.3, -0.25) is 19.4 Å². The van der Waals surface area contributed by atoms with Gasteiger partial charge in [0, 0.05) is 25.0 Å². The summed E-state index contributed by atoms with van der Waals surface area (Å²) in [6, 6.07) is 8.94. The number of halogens is 2. The van der Waals surface area contributed by atoms with Crippen LogP contribution in [0.25, 0.3) is 5.57 Å². The Balaban J connectivity index is 1.91. The Hall–Kier alpha value is -2.87. The van der Waals surface area contributed by atoms with Crippen molar-refractivity contribution in [2.45, 2.75) is 39.3 Å². The second-order valence-electron chi connectivity index (χ2n) is 8.07. The maximum absolute atomic E-state index is 13.3. The molecule has 1 aliphatic heterocycles. The van der Waals surface area contributed by atoms with E-state index in [2.05, 4.69) is 4.99 Å². The molecule has 0 saturated heterocycles. The van der Waals surface area contributed by atoms with Gasteiger partial charge in [-0.2, -0.15) is 0 Å². The molecule has 0 bridgehead atoms. The molecule has 0 radical (unpaired) electrons. The van der Waals surface area contributed by atoms with Gasteiger partial charge in [-0.15, -0.1) is 0 Å². The number of carbonyl (C=O) groups is 2. The molecule has 1 amide bonds. The lowest BCUT2D eigenvalue weighted by molar-refractivity contribution is -0.150. The van der Waals surface area contributed by atoms with E-state index in [-0.39, 0.29) is 34.7 Å². The first kappa shape index (κ1) is 25.7. The van der Waals surface area contributed by atoms with Crippen LogP contribution in [-0.4, -0.2) is 35.3 Å². The Labute approximate surface area is 208 Å². The average Bonchev–Trinajstić information content (AvgIpc) is 2.81. The average molecular weight is 504 g/mol. The molecule has 2 atom stereocenters. The van der Waals surface area contributed by atoms with Gasteiger partial charge in [0.2, 0.25) is 0 Å². The second kappa shape index (κ2) is 11.0. The maximum Gasteiger partial charge on any atom is 0.306 e. The number of nitrogens with two attached hydrogens (primary N) is 1. The summed E-state index contributed by atoms with van der Waals surface area (Å²) in [4.78, 5) is 34.7. The van der Waals surface area contributed by atoms with Crippen LogP contribution in [0.5, 0.6) is 0 Å². The maximum atomic E-state index is 13.3. The van der Waals surface area contributed by atoms with Gasteiger partial charge in [0.05, 0.1) is 28.1 Å². The van der Waals surface area contributed by atoms with Crippen LogP contribution in [0.15, 0.2) is 41.5 Å². The fourth-order valence-electron chi connectivity index (χ4n) is 4.24. The zero-order valence-corrected chi connectivity index (χ0v) is 20.7. The first-order valence-electron chi connectivity index (χ1n) is 10.8. The summed E-state index contributed by atoms with van der Waals surface area (Å²) < 4.78 is 0. The zero-order valence-electron chi connectivity index (χ0n) is 19.2. The van der Waals surface area contributed by atoms with E-state index in [0.29, 0.717) is 17.6 Å². The van der Waals surface area contributed by atoms with Gasteiger partial charge in [0.25, 0.3) is 5.91 Å². The van der Waals surface area contributed by atoms with Crippen molar-refractivity contribution in [2.75, 3.05) is 7.05 Å². The molecule has 0 unspecified atom stereocenters. The molecule has 34 heavy (non-hydrogen) atoms. The van der Waals surface area contributed by atoms with Gasteiger partial charge < -0.3 is 10.8 Å². The van der Waals surface area contributed by atoms with Crippen molar-refractivity contribution in [3.63, 3.8) is 0 Å². The summed E-state index contributed by atoms with van der Waals surface area (Å²) in [5.74, 6) is -2.02. The highest BCUT2D eigenvalue weighted by molar-refractivity contribution is 6.40. The molecule has 3 N–H and O–H groups in total. The number of rotatable bonds is 7. The van der Waals surface area contributed by atoms with Gasteiger partial charge in [-0.1, -0.05) is 55.2 Å². The van der Waals surface area contributed by atoms with Gasteiger partial charge in [0.15, 0.2) is 0 Å². The van der Waals surface area contributed by atoms with Crippen LogP contribution in [-0.2, 0) is 22.8 Å². The van der Waals surface area contributed by atoms with E-state index in [1.165, 1.54) is 11.3 Å². The Morgan fingerprint density at radius 2 is 1.97 bits per heavy atom. The number of hydrogen-bond donors (Lipinski definition) is 2. The Morgan fingerprint density at radius 1 is 1.29 bits per heavy atom. The Bertz CT molecular complexity index is 1140. The predicted octanol–water partition coefficient (Wildman–Crippen LogP) is 5.30. The van der Waals surface area contributed by atoms with Crippen LogP contribution in [0, 0.1) is 5.92 Å². The largest absolute Gasteiger partial charge is 0.481 e. The van der Waals surface area contributed by atoms with Gasteiger partial charge in [-0.05, 0) is 46.7 Å². The number of aliphatic imine (C=N–C) groups is 1. The number of nitrogens with zero attached hydrogens (tertiary/aromatic N) is 2. The van der Waals surface area contributed by atoms with E-state index in [1.54, 1.807) is 32.3 Å². The predicted molar refractivity (Wildman–Crippen MR) is 134 cm³/mol. The lowest BCUT2D eigenvalue weighted by Gasteiger charge is -2.32. The third-order valence-electron chi connectivity index (χ3n) is 6.08. The minimum Gasteiger partial charge on any atom is -0.481 e. The van der Waals surface area contributed by atoms with E-state index in [4.69, 9.17) is 33.8 Å². The fourth-order valence-corrected chi connectivity index (χ4v) is 4.88. The number of carboxylic acid groups (broad SMARTS) is 1. The number of amides is 1. The molecular weight excluding hydrogens is 477 g/mol. The van der Waals surface area contributed by atoms with Crippen LogP contribution in [0.4, 0.5) is 0 Å². The minimum absolute atomic E-state index is 0.127. The molecule has 3 rings (SSSR count). The molecule has 0 aliphatic carbocycles. The molecule has 1 heterocycles. The summed E-state index contributed by atoms with van der Waals surface area (Å²) in [7, 11) is 1.62. The van der Waals surface area contributed by atoms with Crippen molar-refractivity contribution in [2.24, 2.45) is 16.6 Å². The summed E-state index contributed by atoms with van der Waals surface area (Å²) >= 11 is 12.9. The molecule has 180 valence electrons. The van der Waals surface area contributed by atoms with Crippen molar-refractivity contribution in [1.82, 2.24) is 5.06 Å². The van der Waals surface area contributed by atoms with E-state index in [1.807, 2.05) is 25.1 Å². The lowest BCUT2D eigenvalue weighted by Crippen LogP contribution is -2.35. The molecule has 9 heteroatoms. The molecule has 2 aromatic carbocycles. The standard InChI is InChI=1S/C25H27Cl2N3O4/c1-4-18(14(2)25(32)33)19-7-5-6-15-12-30(34-13-20(15)19)24(31)23-21(26)8-16(9-22(23)27)17(10-28)11-29-3/h5-11,14,18H,4,12-13,28H2,1-3H3,(H,32,33)/t14-,18+/m0/s1. The SMILES string of the molecule is CC[C@@H](c1cccc2c1CON(C(=O)c1c(Cl)cc(C(C=NC)=CN)cc1Cl)C2)[C@H](C)C(=O)O. The number of allylic oxidation sites excluding steroid dienone is 1. The number of carboxylic acids is 1. The molecule has 1 aliphatic rings. The number of carbonyl (C=O) groups excluding carboxylic acids is 1. The van der Waals surface area contributed by atoms with E-state index >= 15 is 0 Å². The van der Waals surface area contributed by atoms with Crippen LogP contribution in [0.1, 0.15) is 58.8 Å². The zero-order chi connectivity index (χ0) is 25.0. The summed E-state index contributed by atoms with van der Waals surface area (Å²) in [5, 5.41) is 11.1. The van der Waals surface area contributed by atoms with Crippen LogP contribution < -0.4 is 5.73 Å². The number of benzene rings is 2. The van der Waals surface area contributed by atoms with Crippen LogP contribution >= 0.6 is 23.2 Å². The highest BCUT2D eigenvalue weighted by Gasteiger charge is 2.31. The van der Waals surface area contributed by atoms with E-state index < -0.39 is 17.8 Å². The van der Waals surface area contributed by atoms with Crippen molar-refractivity contribution in [1.29, 1.82) is 0 Å². The first-order valence-corrected chi connectivity index (χ1v) is 11.6. The van der Waals surface area contributed by atoms with Gasteiger partial charge in [-0.25, -0.2) is 5.06 Å². The Kier molecular flexibility index (Phi) is 8.36. The number of hydrogen-bond acceptors (Lipinski definition) is 5. The molecule has 7 nitrogen and oxygen atoms in total.